The van der Waals surface area contributed by atoms with Crippen LogP contribution in [-0.4, -0.2) is 77.5 Å². The zero-order chi connectivity index (χ0) is 88.4. The SMILES string of the molecule is CC(C)Cc1cc(-c2[c-]cc3c(c2)c2ccccc2n3-c2ccccc2)ncc1[Si](C)(C)C.CCn1c2c[c-]c(-c3cc(-c4ccccc4)c([Si](C)(C)C)cn3)cc2c2ccccc21.Cc1cc(-c2[c-]cc3c(c2)-c2ccccc2[Si]3(C)C)ncc1[Si](C)(C)C.Cc1cc(-c2[c-]cc3c(c2)-c2ccccc2[Si]3(c2ccccc2)c2ccccc2)ncc1[Si](C)(C)C.[Ir].[Ir].[Ir].[Ir]. The Labute approximate surface area is 831 Å². The third kappa shape index (κ3) is 19.2. The summed E-state index contributed by atoms with van der Waals surface area (Å²) in [4.78, 5) is 19.6. The van der Waals surface area contributed by atoms with E-state index < -0.39 is 48.4 Å². The number of hydrogen-bond acceptors (Lipinski definition) is 4. The Morgan fingerprint density at radius 3 is 1.22 bits per heavy atom. The molecule has 20 rings (SSSR count). The van der Waals surface area contributed by atoms with Crippen molar-refractivity contribution in [2.45, 2.75) is 139 Å². The maximum absolute atomic E-state index is 4.93. The van der Waals surface area contributed by atoms with Gasteiger partial charge in [0.2, 0.25) is 0 Å². The molecule has 130 heavy (non-hydrogen) atoms. The van der Waals surface area contributed by atoms with Crippen molar-refractivity contribution < 1.29 is 80.4 Å². The van der Waals surface area contributed by atoms with E-state index >= 15 is 0 Å². The quantitative estimate of drug-likeness (QED) is 0.0758. The Morgan fingerprint density at radius 1 is 0.331 bits per heavy atom. The van der Waals surface area contributed by atoms with Gasteiger partial charge in [-0.2, -0.15) is 0 Å². The van der Waals surface area contributed by atoms with Gasteiger partial charge in [-0.25, -0.2) is 0 Å². The summed E-state index contributed by atoms with van der Waals surface area (Å²) in [5.74, 6) is 0.616. The maximum Gasteiger partial charge on any atom is 0.136 e. The number of nitrogens with zero attached hydrogens (tertiary/aromatic N) is 6. The zero-order valence-corrected chi connectivity index (χ0v) is 93.6. The van der Waals surface area contributed by atoms with E-state index in [0.717, 1.165) is 58.0 Å². The van der Waals surface area contributed by atoms with Crippen molar-refractivity contribution in [3.05, 3.63) is 357 Å². The number of benzene rings is 12. The van der Waals surface area contributed by atoms with E-state index in [0.29, 0.717) is 5.92 Å². The first-order chi connectivity index (χ1) is 60.4. The van der Waals surface area contributed by atoms with Crippen LogP contribution in [0.4, 0.5) is 0 Å². The molecule has 6 nitrogen and oxygen atoms in total. The molecule has 0 amide bonds. The van der Waals surface area contributed by atoms with Crippen LogP contribution in [0.15, 0.2) is 316 Å². The normalized spacial score (nSPS) is 12.7. The van der Waals surface area contributed by atoms with Crippen LogP contribution in [-0.2, 0) is 93.4 Å². The summed E-state index contributed by atoms with van der Waals surface area (Å²) >= 11 is 0. The van der Waals surface area contributed by atoms with Crippen LogP contribution in [0.5, 0.6) is 0 Å². The molecule has 0 bridgehead atoms. The molecule has 16 heteroatoms. The Morgan fingerprint density at radius 2 is 0.715 bits per heavy atom. The summed E-state index contributed by atoms with van der Waals surface area (Å²) in [6.07, 6.45) is 9.55. The van der Waals surface area contributed by atoms with Gasteiger partial charge in [0.15, 0.2) is 0 Å². The van der Waals surface area contributed by atoms with Gasteiger partial charge in [0.05, 0.1) is 40.4 Å². The van der Waals surface area contributed by atoms with E-state index in [1.54, 1.807) is 5.19 Å². The van der Waals surface area contributed by atoms with Gasteiger partial charge in [-0.3, -0.25) is 0 Å². The predicted molar refractivity (Wildman–Crippen MR) is 557 cm³/mol. The Hall–Kier alpha value is -9.26. The molecule has 0 unspecified atom stereocenters. The Balaban J connectivity index is 0.000000147. The minimum atomic E-state index is -2.44. The van der Waals surface area contributed by atoms with Crippen LogP contribution < -0.4 is 51.9 Å². The summed E-state index contributed by atoms with van der Waals surface area (Å²) in [6.45, 7) is 45.7. The van der Waals surface area contributed by atoms with E-state index in [2.05, 4.69) is 476 Å². The van der Waals surface area contributed by atoms with Crippen molar-refractivity contribution in [1.29, 1.82) is 0 Å². The van der Waals surface area contributed by atoms with E-state index in [1.165, 1.54) is 146 Å². The van der Waals surface area contributed by atoms with Gasteiger partial charge in [0.25, 0.3) is 0 Å². The van der Waals surface area contributed by atoms with E-state index in [-0.39, 0.29) is 80.4 Å². The zero-order valence-electron chi connectivity index (χ0n) is 78.0. The number of aromatic nitrogens is 6. The first-order valence-corrected chi connectivity index (χ1v) is 63.8. The fourth-order valence-corrected chi connectivity index (χ4v) is 34.3. The Kier molecular flexibility index (Phi) is 30.1. The van der Waals surface area contributed by atoms with Gasteiger partial charge in [0.1, 0.15) is 8.07 Å². The third-order valence-electron chi connectivity index (χ3n) is 25.7. The molecule has 12 aromatic carbocycles. The summed E-state index contributed by atoms with van der Waals surface area (Å²) in [6, 6.07) is 120. The van der Waals surface area contributed by atoms with Crippen molar-refractivity contribution in [3.63, 3.8) is 0 Å². The molecule has 0 spiro atoms. The average Bonchev–Trinajstić information content (AvgIpc) is 1.53. The number of fused-ring (bicyclic) bond motifs is 12. The van der Waals surface area contributed by atoms with Crippen molar-refractivity contribution >= 4 is 144 Å². The fraction of sp³-hybridized carbons (Fsp3) is 0.193. The number of pyridine rings is 4. The monoisotopic (exact) mass is 2510 g/mol. The first kappa shape index (κ1) is 98.2. The molecule has 18 aromatic rings. The van der Waals surface area contributed by atoms with Gasteiger partial charge in [0, 0.05) is 128 Å². The van der Waals surface area contributed by atoms with Crippen molar-refractivity contribution in [3.8, 4) is 84.1 Å². The van der Waals surface area contributed by atoms with Gasteiger partial charge >= 0.3 is 0 Å². The molecule has 664 valence electrons. The minimum absolute atomic E-state index is 0. The number of aryl methyl sites for hydroxylation is 3. The number of para-hydroxylation sites is 3. The van der Waals surface area contributed by atoms with Crippen LogP contribution >= 0.6 is 0 Å². The molecular formula is C114H114Ir4N6Si6-4. The summed E-state index contributed by atoms with van der Waals surface area (Å²) in [7, 11) is -9.82. The molecule has 2 aliphatic rings. The summed E-state index contributed by atoms with van der Waals surface area (Å²) in [5.41, 5.74) is 26.6. The average molecular weight is 2510 g/mol. The first-order valence-electron chi connectivity index (χ1n) is 44.8. The van der Waals surface area contributed by atoms with Gasteiger partial charge in [-0.1, -0.05) is 378 Å². The third-order valence-corrected chi connectivity index (χ3v) is 42.5. The van der Waals surface area contributed by atoms with Gasteiger partial charge in [-0.05, 0) is 150 Å². The maximum atomic E-state index is 4.93. The van der Waals surface area contributed by atoms with Crippen molar-refractivity contribution in [1.82, 2.24) is 29.1 Å². The van der Waals surface area contributed by atoms with E-state index in [9.17, 15) is 0 Å². The second-order valence-corrected chi connectivity index (χ2v) is 67.6. The second kappa shape index (κ2) is 39.9. The van der Waals surface area contributed by atoms with Crippen molar-refractivity contribution in [2.75, 3.05) is 0 Å². The van der Waals surface area contributed by atoms with Crippen molar-refractivity contribution in [2.24, 2.45) is 5.92 Å². The van der Waals surface area contributed by atoms with Crippen LogP contribution in [0, 0.1) is 44.0 Å². The van der Waals surface area contributed by atoms with Crippen LogP contribution in [0.1, 0.15) is 37.5 Å². The molecule has 6 aromatic heterocycles. The molecule has 0 saturated carbocycles. The summed E-state index contributed by atoms with van der Waals surface area (Å²) < 4.78 is 4.69. The molecule has 2 aliphatic heterocycles. The minimum Gasteiger partial charge on any atom is -0.381 e. The Bertz CT molecular complexity index is 7090. The molecule has 0 atom stereocenters. The summed E-state index contributed by atoms with van der Waals surface area (Å²) in [5, 5.41) is 19.5. The van der Waals surface area contributed by atoms with E-state index in [4.69, 9.17) is 19.9 Å². The molecule has 0 aliphatic carbocycles. The molecule has 4 radical (unpaired) electrons. The van der Waals surface area contributed by atoms with Gasteiger partial charge < -0.3 is 29.1 Å². The van der Waals surface area contributed by atoms with Crippen LogP contribution in [0.3, 0.4) is 0 Å². The second-order valence-electron chi connectivity index (χ2n) is 39.4. The molecule has 8 heterocycles. The number of hydrogen-bond donors (Lipinski definition) is 0. The van der Waals surface area contributed by atoms with Crippen LogP contribution in [0.2, 0.25) is 91.7 Å². The smallest absolute Gasteiger partial charge is 0.136 e. The molecule has 0 N–H and O–H groups in total. The van der Waals surface area contributed by atoms with Crippen LogP contribution in [0.25, 0.3) is 128 Å². The van der Waals surface area contributed by atoms with Gasteiger partial charge in [-0.15, -0.1) is 105 Å². The molecule has 0 saturated heterocycles. The number of rotatable bonds is 15. The standard InChI is InChI=1S/C33H30NSi2.C30H31N2Si.C28H27N2Si.C23H26NSi2.4Ir/c1-24-21-30(34-23-33(24)35(2,3)4)25-19-20-32-29(22-25)28-17-11-12-18-31(28)36(32,26-13-7-5-8-14-26)27-15-9-6-10-16-27;1-21(2)17-23-19-27(31-20-30(23)33(3,4)5)22-15-16-29-26(18-22)25-13-9-10-14-28(25)32(29)24-11-7-6-8-12-24;1-5-30-26-14-10-9-13-22(26)24-17-21(15-16-27(24)30)25-18-23(20-11-7-6-8-12-20)28(19-29-25)31(2,3)4;1-16-13-20(24-15-23(16)25(2,3)4)17-11-12-22-19(14-17)18-9-7-8-10-21(18)26(22,5)6;;;;/h5-18,20-23H,1-4H3;6-14,16,18-21H,17H2,1-5H3;6-14,16-19H,5H2,1-4H3;7-10,12-15H,1-6H3;;;;/q4*-1;;;;. The van der Waals surface area contributed by atoms with E-state index in [1.807, 2.05) is 0 Å². The predicted octanol–water partition coefficient (Wildman–Crippen LogP) is 23.2. The molecular weight excluding hydrogens is 2390 g/mol. The largest absolute Gasteiger partial charge is 0.381 e. The topological polar surface area (TPSA) is 61.4 Å². The fourth-order valence-electron chi connectivity index (χ4n) is 19.7. The molecule has 0 fully saturated rings.